The first-order chi connectivity index (χ1) is 12.6. The van der Waals surface area contributed by atoms with Gasteiger partial charge in [-0.2, -0.15) is 0 Å². The molecular weight excluding hydrogens is 318 g/mol. The van der Waals surface area contributed by atoms with E-state index in [1.54, 1.807) is 12.7 Å². The molecule has 0 atom stereocenters. The van der Waals surface area contributed by atoms with Gasteiger partial charge in [0.15, 0.2) is 0 Å². The second kappa shape index (κ2) is 10.1. The number of hydrogen-bond acceptors (Lipinski definition) is 2. The summed E-state index contributed by atoms with van der Waals surface area (Å²) in [5.41, 5.74) is 8.18. The normalized spacial score (nSPS) is 15.1. The molecule has 26 heavy (non-hydrogen) atoms. The molecule has 0 unspecified atom stereocenters. The predicted molar refractivity (Wildman–Crippen MR) is 112 cm³/mol. The number of nitrogens with one attached hydrogen (secondary N) is 1. The van der Waals surface area contributed by atoms with Crippen molar-refractivity contribution in [2.45, 2.75) is 59.8 Å². The van der Waals surface area contributed by atoms with Gasteiger partial charge in [-0.15, -0.1) is 0 Å². The van der Waals surface area contributed by atoms with Gasteiger partial charge in [0.05, 0.1) is 7.11 Å². The van der Waals surface area contributed by atoms with Gasteiger partial charge in [-0.3, -0.25) is 0 Å². The molecule has 0 heterocycles. The molecule has 0 aliphatic heterocycles. The van der Waals surface area contributed by atoms with Crippen LogP contribution in [-0.4, -0.2) is 7.11 Å². The van der Waals surface area contributed by atoms with Crippen LogP contribution >= 0.6 is 0 Å². The smallest absolute Gasteiger partial charge is 0.119 e. The molecule has 0 amide bonds. The molecule has 0 saturated heterocycles. The first kappa shape index (κ1) is 20.1. The Morgan fingerprint density at radius 2 is 1.92 bits per heavy atom. The monoisotopic (exact) mass is 351 g/mol. The first-order valence-electron chi connectivity index (χ1n) is 9.71. The third-order valence-corrected chi connectivity index (χ3v) is 4.92. The van der Waals surface area contributed by atoms with Crippen LogP contribution in [0.2, 0.25) is 0 Å². The molecule has 1 aromatic rings. The molecule has 2 nitrogen and oxygen atoms in total. The van der Waals surface area contributed by atoms with Crippen molar-refractivity contribution in [1.29, 1.82) is 0 Å². The van der Waals surface area contributed by atoms with Crippen LogP contribution in [0, 0.1) is 0 Å². The molecule has 0 radical (unpaired) electrons. The van der Waals surface area contributed by atoms with Crippen LogP contribution in [0.15, 0.2) is 70.6 Å². The van der Waals surface area contributed by atoms with Crippen LogP contribution in [0.3, 0.4) is 0 Å². The highest BCUT2D eigenvalue weighted by atomic mass is 16.5. The van der Waals surface area contributed by atoms with Crippen molar-refractivity contribution in [3.05, 3.63) is 76.2 Å². The molecule has 1 fully saturated rings. The Hall–Kier alpha value is -2.22. The van der Waals surface area contributed by atoms with Crippen molar-refractivity contribution in [3.63, 3.8) is 0 Å². The van der Waals surface area contributed by atoms with Crippen molar-refractivity contribution >= 4 is 0 Å². The quantitative estimate of drug-likeness (QED) is 0.515. The summed E-state index contributed by atoms with van der Waals surface area (Å²) < 4.78 is 5.37. The lowest BCUT2D eigenvalue weighted by Crippen LogP contribution is -2.15. The second-order valence-electron chi connectivity index (χ2n) is 7.01. The van der Waals surface area contributed by atoms with E-state index in [1.807, 2.05) is 6.07 Å². The van der Waals surface area contributed by atoms with Crippen molar-refractivity contribution in [2.75, 3.05) is 7.11 Å². The Bertz CT molecular complexity index is 728. The summed E-state index contributed by atoms with van der Waals surface area (Å²) in [6.45, 7) is 8.79. The molecule has 1 aromatic carbocycles. The number of methoxy groups -OCH3 is 1. The Morgan fingerprint density at radius 3 is 2.54 bits per heavy atom. The van der Waals surface area contributed by atoms with Crippen LogP contribution < -0.4 is 10.1 Å². The maximum atomic E-state index is 5.37. The van der Waals surface area contributed by atoms with Crippen molar-refractivity contribution in [2.24, 2.45) is 0 Å². The molecule has 1 aliphatic rings. The highest BCUT2D eigenvalue weighted by Crippen LogP contribution is 2.33. The summed E-state index contributed by atoms with van der Waals surface area (Å²) in [6.07, 6.45) is 12.1. The van der Waals surface area contributed by atoms with Gasteiger partial charge in [0, 0.05) is 17.8 Å². The fourth-order valence-corrected chi connectivity index (χ4v) is 2.68. The average molecular weight is 352 g/mol. The van der Waals surface area contributed by atoms with Crippen LogP contribution in [0.25, 0.3) is 0 Å². The lowest BCUT2D eigenvalue weighted by atomic mass is 10.1. The minimum atomic E-state index is 0.920. The van der Waals surface area contributed by atoms with Gasteiger partial charge in [-0.1, -0.05) is 49.3 Å². The molecule has 0 bridgehead atoms. The minimum absolute atomic E-state index is 0.920. The van der Waals surface area contributed by atoms with Crippen LogP contribution in [-0.2, 0) is 6.42 Å². The van der Waals surface area contributed by atoms with E-state index in [2.05, 4.69) is 69.4 Å². The third kappa shape index (κ3) is 6.25. The van der Waals surface area contributed by atoms with E-state index >= 15 is 0 Å². The molecule has 2 heteroatoms. The zero-order valence-electron chi connectivity index (χ0n) is 17.0. The van der Waals surface area contributed by atoms with Crippen molar-refractivity contribution in [1.82, 2.24) is 5.32 Å². The van der Waals surface area contributed by atoms with E-state index in [1.165, 1.54) is 40.9 Å². The highest BCUT2D eigenvalue weighted by Gasteiger charge is 2.19. The molecule has 140 valence electrons. The zero-order valence-corrected chi connectivity index (χ0v) is 17.0. The van der Waals surface area contributed by atoms with Gasteiger partial charge >= 0.3 is 0 Å². The van der Waals surface area contributed by atoms with Crippen LogP contribution in [0.1, 0.15) is 58.9 Å². The van der Waals surface area contributed by atoms with E-state index < -0.39 is 0 Å². The van der Waals surface area contributed by atoms with Gasteiger partial charge in [0.2, 0.25) is 0 Å². The van der Waals surface area contributed by atoms with Gasteiger partial charge in [0.1, 0.15) is 5.75 Å². The van der Waals surface area contributed by atoms with Crippen molar-refractivity contribution in [3.8, 4) is 5.75 Å². The maximum Gasteiger partial charge on any atom is 0.119 e. The Kier molecular flexibility index (Phi) is 7.77. The van der Waals surface area contributed by atoms with Crippen molar-refractivity contribution < 1.29 is 4.74 Å². The van der Waals surface area contributed by atoms with E-state index in [-0.39, 0.29) is 0 Å². The lowest BCUT2D eigenvalue weighted by molar-refractivity contribution is 0.414. The zero-order chi connectivity index (χ0) is 18.9. The largest absolute Gasteiger partial charge is 0.497 e. The van der Waals surface area contributed by atoms with Gasteiger partial charge in [0.25, 0.3) is 0 Å². The average Bonchev–Trinajstić information content (AvgIpc) is 3.50. The van der Waals surface area contributed by atoms with E-state index in [0.29, 0.717) is 0 Å². The summed E-state index contributed by atoms with van der Waals surface area (Å²) in [6, 6.07) is 8.37. The number of ether oxygens (including phenoxy) is 1. The number of hydrogen-bond donors (Lipinski definition) is 1. The van der Waals surface area contributed by atoms with Crippen LogP contribution in [0.5, 0.6) is 5.75 Å². The standard InChI is InChI=1S/C24H33NO/c1-6-18(3)10-8-13-23(19(4)7-2)25-24(21-14-15-21)17-20-11-9-12-22(16-20)26-5/h8-13,16,25H,6-7,14-15,17H2,1-5H3/b13-8-,18-10?,23-19?. The SMILES string of the molecule is CCC(C)=C/C=C\C(NC(Cc1cccc(OC)c1)=C1CC1)=C(C)CC. The summed E-state index contributed by atoms with van der Waals surface area (Å²) in [7, 11) is 1.72. The van der Waals surface area contributed by atoms with E-state index in [9.17, 15) is 0 Å². The molecule has 2 rings (SSSR count). The maximum absolute atomic E-state index is 5.37. The summed E-state index contributed by atoms with van der Waals surface area (Å²) in [4.78, 5) is 0. The molecule has 1 aliphatic carbocycles. The van der Waals surface area contributed by atoms with E-state index in [4.69, 9.17) is 4.74 Å². The summed E-state index contributed by atoms with van der Waals surface area (Å²) >= 11 is 0. The molecule has 0 aromatic heterocycles. The first-order valence-corrected chi connectivity index (χ1v) is 9.71. The van der Waals surface area contributed by atoms with Crippen LogP contribution in [0.4, 0.5) is 0 Å². The third-order valence-electron chi connectivity index (χ3n) is 4.92. The minimum Gasteiger partial charge on any atom is -0.497 e. The Morgan fingerprint density at radius 1 is 1.15 bits per heavy atom. The topological polar surface area (TPSA) is 21.3 Å². The van der Waals surface area contributed by atoms with Gasteiger partial charge in [-0.05, 0) is 68.9 Å². The summed E-state index contributed by atoms with van der Waals surface area (Å²) in [5, 5.41) is 3.75. The predicted octanol–water partition coefficient (Wildman–Crippen LogP) is 6.47. The number of rotatable bonds is 9. The lowest BCUT2D eigenvalue weighted by Gasteiger charge is -2.15. The Balaban J connectivity index is 2.20. The fourth-order valence-electron chi connectivity index (χ4n) is 2.68. The highest BCUT2D eigenvalue weighted by molar-refractivity contribution is 5.38. The molecule has 1 saturated carbocycles. The van der Waals surface area contributed by atoms with Gasteiger partial charge < -0.3 is 10.1 Å². The van der Waals surface area contributed by atoms with E-state index in [0.717, 1.165) is 25.0 Å². The number of benzene rings is 1. The number of allylic oxidation sites excluding steroid dienone is 7. The van der Waals surface area contributed by atoms with Gasteiger partial charge in [-0.25, -0.2) is 0 Å². The molecule has 0 spiro atoms. The Labute approximate surface area is 159 Å². The molecule has 1 N–H and O–H groups in total. The second-order valence-corrected chi connectivity index (χ2v) is 7.01. The summed E-state index contributed by atoms with van der Waals surface area (Å²) in [5.74, 6) is 0.920. The fraction of sp³-hybridized carbons (Fsp3) is 0.417. The molecular formula is C24H33NO.